The minimum atomic E-state index is 0.0371. The van der Waals surface area contributed by atoms with Crippen LogP contribution < -0.4 is 5.32 Å². The van der Waals surface area contributed by atoms with Gasteiger partial charge >= 0.3 is 0 Å². The second-order valence-corrected chi connectivity index (χ2v) is 7.84. The van der Waals surface area contributed by atoms with E-state index in [1.165, 1.54) is 5.56 Å². The summed E-state index contributed by atoms with van der Waals surface area (Å²) in [4.78, 5) is 26.5. The third-order valence-electron chi connectivity index (χ3n) is 5.12. The van der Waals surface area contributed by atoms with E-state index >= 15 is 0 Å². The molecular formula is C22H25BrN2O2. The van der Waals surface area contributed by atoms with Crippen LogP contribution in [0.15, 0.2) is 53.0 Å². The molecule has 2 unspecified atom stereocenters. The van der Waals surface area contributed by atoms with Gasteiger partial charge in [-0.2, -0.15) is 0 Å². The van der Waals surface area contributed by atoms with Crippen molar-refractivity contribution >= 4 is 33.4 Å². The Labute approximate surface area is 169 Å². The first-order chi connectivity index (χ1) is 13.0. The molecule has 5 heteroatoms. The molecule has 3 rings (SSSR count). The number of anilines is 1. The lowest BCUT2D eigenvalue weighted by Gasteiger charge is -2.18. The average Bonchev–Trinajstić information content (AvgIpc) is 3.46. The first-order valence-electron chi connectivity index (χ1n) is 9.44. The van der Waals surface area contributed by atoms with E-state index in [1.807, 2.05) is 55.1 Å². The summed E-state index contributed by atoms with van der Waals surface area (Å²) in [5.41, 5.74) is 2.95. The van der Waals surface area contributed by atoms with Gasteiger partial charge in [0.2, 0.25) is 11.8 Å². The van der Waals surface area contributed by atoms with E-state index in [-0.39, 0.29) is 17.7 Å². The van der Waals surface area contributed by atoms with E-state index in [0.717, 1.165) is 35.2 Å². The van der Waals surface area contributed by atoms with Gasteiger partial charge in [0.1, 0.15) is 0 Å². The van der Waals surface area contributed by atoms with Crippen molar-refractivity contribution in [1.82, 2.24) is 4.90 Å². The summed E-state index contributed by atoms with van der Waals surface area (Å²) in [5, 5.41) is 3.00. The lowest BCUT2D eigenvalue weighted by atomic mass is 10.1. The molecule has 0 saturated heterocycles. The Bertz CT molecular complexity index is 798. The number of hydrogen-bond donors (Lipinski definition) is 1. The fraction of sp³-hybridized carbons (Fsp3) is 0.364. The Balaban J connectivity index is 1.53. The maximum absolute atomic E-state index is 12.5. The number of benzene rings is 2. The Hall–Kier alpha value is -2.14. The highest BCUT2D eigenvalue weighted by Crippen LogP contribution is 2.48. The summed E-state index contributed by atoms with van der Waals surface area (Å²) in [5.74, 6) is 0.543. The summed E-state index contributed by atoms with van der Waals surface area (Å²) < 4.78 is 1.05. The average molecular weight is 429 g/mol. The fourth-order valence-corrected chi connectivity index (χ4v) is 3.63. The summed E-state index contributed by atoms with van der Waals surface area (Å²) in [6.07, 6.45) is 1.29. The molecule has 1 aliphatic rings. The molecule has 1 N–H and O–H groups in total. The molecular weight excluding hydrogens is 404 g/mol. The van der Waals surface area contributed by atoms with Crippen LogP contribution in [0.5, 0.6) is 0 Å². The Morgan fingerprint density at radius 2 is 1.67 bits per heavy atom. The highest BCUT2D eigenvalue weighted by molar-refractivity contribution is 9.10. The monoisotopic (exact) mass is 428 g/mol. The van der Waals surface area contributed by atoms with Crippen LogP contribution in [-0.4, -0.2) is 29.8 Å². The largest absolute Gasteiger partial charge is 0.343 e. The number of hydrogen-bond acceptors (Lipinski definition) is 2. The molecule has 2 aromatic rings. The van der Waals surface area contributed by atoms with Crippen molar-refractivity contribution in [3.8, 4) is 0 Å². The Morgan fingerprint density at radius 3 is 2.26 bits per heavy atom. The number of nitrogens with one attached hydrogen (secondary N) is 1. The summed E-state index contributed by atoms with van der Waals surface area (Å²) in [6.45, 7) is 5.42. The van der Waals surface area contributed by atoms with Crippen molar-refractivity contribution in [2.75, 3.05) is 18.4 Å². The first kappa shape index (κ1) is 19.6. The van der Waals surface area contributed by atoms with Gasteiger partial charge in [-0.3, -0.25) is 9.59 Å². The smallest absolute Gasteiger partial charge is 0.228 e. The molecule has 1 saturated carbocycles. The third-order valence-corrected chi connectivity index (χ3v) is 5.65. The molecule has 0 radical (unpaired) electrons. The number of nitrogens with zero attached hydrogens (tertiary/aromatic N) is 1. The highest BCUT2D eigenvalue weighted by Gasteiger charge is 2.43. The van der Waals surface area contributed by atoms with Gasteiger partial charge < -0.3 is 10.2 Å². The van der Waals surface area contributed by atoms with Gasteiger partial charge in [0, 0.05) is 29.2 Å². The van der Waals surface area contributed by atoms with Crippen LogP contribution in [0.4, 0.5) is 5.69 Å². The minimum Gasteiger partial charge on any atom is -0.343 e. The maximum Gasteiger partial charge on any atom is 0.228 e. The number of carbonyl (C=O) groups is 2. The molecule has 0 heterocycles. The number of carbonyl (C=O) groups excluding carboxylic acids is 2. The van der Waals surface area contributed by atoms with E-state index < -0.39 is 0 Å². The number of amides is 2. The van der Waals surface area contributed by atoms with Crippen LogP contribution in [0.1, 0.15) is 37.3 Å². The van der Waals surface area contributed by atoms with E-state index in [0.29, 0.717) is 12.3 Å². The van der Waals surface area contributed by atoms with E-state index in [4.69, 9.17) is 0 Å². The van der Waals surface area contributed by atoms with Crippen LogP contribution in [0.25, 0.3) is 0 Å². The van der Waals surface area contributed by atoms with Gasteiger partial charge in [-0.15, -0.1) is 0 Å². The van der Waals surface area contributed by atoms with Crippen molar-refractivity contribution in [3.63, 3.8) is 0 Å². The SMILES string of the molecule is CCN(CC)C(=O)Cc1ccc(NC(=O)C2CC2c2ccc(Br)cc2)cc1. The molecule has 0 spiro atoms. The molecule has 1 aliphatic carbocycles. The van der Waals surface area contributed by atoms with E-state index in [9.17, 15) is 9.59 Å². The molecule has 2 amide bonds. The van der Waals surface area contributed by atoms with Gasteiger partial charge in [0.25, 0.3) is 0 Å². The molecule has 0 bridgehead atoms. The van der Waals surface area contributed by atoms with Crippen molar-refractivity contribution in [2.45, 2.75) is 32.6 Å². The third kappa shape index (κ3) is 4.98. The van der Waals surface area contributed by atoms with Gasteiger partial charge in [-0.25, -0.2) is 0 Å². The highest BCUT2D eigenvalue weighted by atomic mass is 79.9. The normalized spacial score (nSPS) is 18.0. The zero-order chi connectivity index (χ0) is 19.4. The zero-order valence-electron chi connectivity index (χ0n) is 15.7. The molecule has 2 aromatic carbocycles. The number of halogens is 1. The standard InChI is InChI=1S/C22H25BrN2O2/c1-3-25(4-2)21(26)13-15-5-11-18(12-6-15)24-22(27)20-14-19(20)16-7-9-17(23)10-8-16/h5-12,19-20H,3-4,13-14H2,1-2H3,(H,24,27). The zero-order valence-corrected chi connectivity index (χ0v) is 17.3. The number of likely N-dealkylation sites (N-methyl/N-ethyl adjacent to an activating group) is 1. The van der Waals surface area contributed by atoms with Crippen LogP contribution in [-0.2, 0) is 16.0 Å². The van der Waals surface area contributed by atoms with Gasteiger partial charge in [-0.05, 0) is 61.6 Å². The predicted octanol–water partition coefficient (Wildman–Crippen LogP) is 4.60. The molecule has 27 heavy (non-hydrogen) atoms. The van der Waals surface area contributed by atoms with Crippen molar-refractivity contribution in [2.24, 2.45) is 5.92 Å². The minimum absolute atomic E-state index is 0.0371. The first-order valence-corrected chi connectivity index (χ1v) is 10.2. The van der Waals surface area contributed by atoms with Crippen LogP contribution in [0.2, 0.25) is 0 Å². The summed E-state index contributed by atoms with van der Waals surface area (Å²) in [6, 6.07) is 15.8. The van der Waals surface area contributed by atoms with Gasteiger partial charge in [-0.1, -0.05) is 40.2 Å². The lowest BCUT2D eigenvalue weighted by molar-refractivity contribution is -0.130. The molecule has 0 aromatic heterocycles. The van der Waals surface area contributed by atoms with Gasteiger partial charge in [0.05, 0.1) is 6.42 Å². The molecule has 0 aliphatic heterocycles. The fourth-order valence-electron chi connectivity index (χ4n) is 3.37. The van der Waals surface area contributed by atoms with Crippen molar-refractivity contribution in [1.29, 1.82) is 0 Å². The van der Waals surface area contributed by atoms with E-state index in [1.54, 1.807) is 0 Å². The predicted molar refractivity (Wildman–Crippen MR) is 112 cm³/mol. The Kier molecular flexibility index (Phi) is 6.32. The van der Waals surface area contributed by atoms with E-state index in [2.05, 4.69) is 33.4 Å². The summed E-state index contributed by atoms with van der Waals surface area (Å²) in [7, 11) is 0. The lowest BCUT2D eigenvalue weighted by Crippen LogP contribution is -2.31. The van der Waals surface area contributed by atoms with Crippen LogP contribution in [0, 0.1) is 5.92 Å². The Morgan fingerprint density at radius 1 is 1.04 bits per heavy atom. The second kappa shape index (κ2) is 8.70. The van der Waals surface area contributed by atoms with Crippen molar-refractivity contribution < 1.29 is 9.59 Å². The topological polar surface area (TPSA) is 49.4 Å². The quantitative estimate of drug-likeness (QED) is 0.699. The molecule has 142 valence electrons. The van der Waals surface area contributed by atoms with Gasteiger partial charge in [0.15, 0.2) is 0 Å². The van der Waals surface area contributed by atoms with Crippen molar-refractivity contribution in [3.05, 3.63) is 64.1 Å². The second-order valence-electron chi connectivity index (χ2n) is 6.93. The molecule has 1 fully saturated rings. The maximum atomic E-state index is 12.5. The molecule has 2 atom stereocenters. The number of rotatable bonds is 7. The molecule has 4 nitrogen and oxygen atoms in total. The summed E-state index contributed by atoms with van der Waals surface area (Å²) >= 11 is 3.44. The van der Waals surface area contributed by atoms with Crippen LogP contribution in [0.3, 0.4) is 0 Å². The van der Waals surface area contributed by atoms with Crippen LogP contribution >= 0.6 is 15.9 Å².